The van der Waals surface area contributed by atoms with Gasteiger partial charge in [0.1, 0.15) is 6.42 Å². The van der Waals surface area contributed by atoms with Gasteiger partial charge in [-0.05, 0) is 0 Å². The van der Waals surface area contributed by atoms with Crippen LogP contribution in [0, 0.1) is 0 Å². The number of hydrogen-bond acceptors (Lipinski definition) is 6. The Kier molecular flexibility index (Phi) is 7.47. The molecule has 0 radical (unpaired) electrons. The lowest BCUT2D eigenvalue weighted by Gasteiger charge is -2.04. The lowest BCUT2D eigenvalue weighted by molar-refractivity contribution is -0.163. The van der Waals surface area contributed by atoms with Gasteiger partial charge in [-0.15, -0.1) is 0 Å². The van der Waals surface area contributed by atoms with E-state index < -0.39 is 18.4 Å². The van der Waals surface area contributed by atoms with E-state index in [1.54, 1.807) is 0 Å². The van der Waals surface area contributed by atoms with Crippen molar-refractivity contribution in [2.45, 2.75) is 6.42 Å². The molecule has 0 unspecified atom stereocenters. The summed E-state index contributed by atoms with van der Waals surface area (Å²) < 4.78 is 18.0. The molecule has 0 saturated heterocycles. The van der Waals surface area contributed by atoms with Crippen molar-refractivity contribution in [1.29, 1.82) is 0 Å². The van der Waals surface area contributed by atoms with Gasteiger partial charge in [0.15, 0.2) is 0 Å². The van der Waals surface area contributed by atoms with Crippen LogP contribution in [0.25, 0.3) is 0 Å². The van der Waals surface area contributed by atoms with Gasteiger partial charge in [-0.2, -0.15) is 0 Å². The van der Waals surface area contributed by atoms with Crippen LogP contribution in [0.1, 0.15) is 6.42 Å². The molecule has 0 amide bonds. The Labute approximate surface area is 87.1 Å². The molecule has 84 valence electrons. The predicted molar refractivity (Wildman–Crippen MR) is 49.1 cm³/mol. The molecule has 0 rings (SSSR count). The van der Waals surface area contributed by atoms with Crippen LogP contribution >= 0.6 is 0 Å². The van der Waals surface area contributed by atoms with Gasteiger partial charge < -0.3 is 18.9 Å². The second kappa shape index (κ2) is 8.61. The van der Waals surface area contributed by atoms with Gasteiger partial charge in [0, 0.05) is 0 Å². The predicted octanol–water partition coefficient (Wildman–Crippen LogP) is 0.698. The summed E-state index contributed by atoms with van der Waals surface area (Å²) in [6.45, 7) is 5.92. The largest absolute Gasteiger partial charge is 0.466 e. The fraction of sp³-hybridized carbons (Fsp3) is 0.333. The number of carbonyl (C=O) groups excluding carboxylic acids is 2. The molecule has 0 aliphatic carbocycles. The average molecular weight is 216 g/mol. The molecule has 6 heteroatoms. The lowest BCUT2D eigenvalue weighted by atomic mass is 10.4. The zero-order chi connectivity index (χ0) is 11.5. The molecule has 0 spiro atoms. The Hall–Kier alpha value is -1.98. The second-order valence-corrected chi connectivity index (χ2v) is 2.11. The van der Waals surface area contributed by atoms with E-state index in [1.807, 2.05) is 0 Å². The third kappa shape index (κ3) is 8.35. The number of esters is 2. The Bertz CT molecular complexity index is 211. The van der Waals surface area contributed by atoms with E-state index in [0.717, 1.165) is 12.5 Å². The van der Waals surface area contributed by atoms with Crippen LogP contribution in [-0.4, -0.2) is 25.5 Å². The first-order chi connectivity index (χ1) is 7.20. The molecule has 0 saturated carbocycles. The van der Waals surface area contributed by atoms with Gasteiger partial charge >= 0.3 is 11.9 Å². The topological polar surface area (TPSA) is 71.1 Å². The molecule has 0 aromatic heterocycles. The van der Waals surface area contributed by atoms with Gasteiger partial charge in [-0.25, -0.2) is 0 Å². The number of ether oxygens (including phenoxy) is 4. The molecule has 0 heterocycles. The molecule has 0 aromatic carbocycles. The fourth-order valence-electron chi connectivity index (χ4n) is 0.516. The molecule has 0 aliphatic rings. The van der Waals surface area contributed by atoms with Gasteiger partial charge in [-0.1, -0.05) is 13.2 Å². The quantitative estimate of drug-likeness (QED) is 0.195. The number of rotatable bonds is 8. The Morgan fingerprint density at radius 2 is 1.33 bits per heavy atom. The number of hydrogen-bond donors (Lipinski definition) is 0. The highest BCUT2D eigenvalue weighted by atomic mass is 16.7. The highest BCUT2D eigenvalue weighted by Gasteiger charge is 2.11. The Morgan fingerprint density at radius 3 is 1.67 bits per heavy atom. The lowest BCUT2D eigenvalue weighted by Crippen LogP contribution is -2.15. The summed E-state index contributed by atoms with van der Waals surface area (Å²) in [5, 5.41) is 0. The third-order valence-corrected chi connectivity index (χ3v) is 1.10. The van der Waals surface area contributed by atoms with Crippen molar-refractivity contribution >= 4 is 11.9 Å². The van der Waals surface area contributed by atoms with Crippen molar-refractivity contribution in [2.75, 3.05) is 13.6 Å². The third-order valence-electron chi connectivity index (χ3n) is 1.10. The summed E-state index contributed by atoms with van der Waals surface area (Å²) in [7, 11) is 0. The van der Waals surface area contributed by atoms with E-state index in [-0.39, 0.29) is 13.6 Å². The monoisotopic (exact) mass is 216 g/mol. The van der Waals surface area contributed by atoms with Crippen molar-refractivity contribution in [2.24, 2.45) is 0 Å². The highest BCUT2D eigenvalue weighted by molar-refractivity contribution is 5.91. The van der Waals surface area contributed by atoms with Gasteiger partial charge in [0.25, 0.3) is 0 Å². The van der Waals surface area contributed by atoms with Crippen LogP contribution in [0.4, 0.5) is 0 Å². The van der Waals surface area contributed by atoms with Crippen molar-refractivity contribution < 1.29 is 28.5 Å². The average Bonchev–Trinajstić information content (AvgIpc) is 2.18. The molecule has 6 nitrogen and oxygen atoms in total. The molecule has 0 fully saturated rings. The van der Waals surface area contributed by atoms with E-state index in [9.17, 15) is 9.59 Å². The summed E-state index contributed by atoms with van der Waals surface area (Å²) in [6.07, 6.45) is 1.73. The normalized spacial score (nSPS) is 8.53. The fourth-order valence-corrected chi connectivity index (χ4v) is 0.516. The van der Waals surface area contributed by atoms with E-state index in [1.165, 1.54) is 0 Å². The molecule has 0 aliphatic heterocycles. The maximum atomic E-state index is 10.9. The van der Waals surface area contributed by atoms with Crippen molar-refractivity contribution in [3.8, 4) is 0 Å². The molecule has 0 aromatic rings. The molecular weight excluding hydrogens is 204 g/mol. The summed E-state index contributed by atoms with van der Waals surface area (Å²) in [4.78, 5) is 21.7. The maximum absolute atomic E-state index is 10.9. The van der Waals surface area contributed by atoms with Crippen LogP contribution in [0.3, 0.4) is 0 Å². The first-order valence-corrected chi connectivity index (χ1v) is 3.97. The molecule has 15 heavy (non-hydrogen) atoms. The highest BCUT2D eigenvalue weighted by Crippen LogP contribution is 1.92. The van der Waals surface area contributed by atoms with E-state index >= 15 is 0 Å². The summed E-state index contributed by atoms with van der Waals surface area (Å²) in [5.41, 5.74) is 0. The van der Waals surface area contributed by atoms with Crippen molar-refractivity contribution in [3.63, 3.8) is 0 Å². The standard InChI is InChI=1S/C9H12O6/c1-3-12-6-14-8(10)5-9(11)15-7-13-4-2/h3-4H,1-2,5-7H2. The van der Waals surface area contributed by atoms with Crippen LogP contribution < -0.4 is 0 Å². The Morgan fingerprint density at radius 1 is 0.933 bits per heavy atom. The first-order valence-electron chi connectivity index (χ1n) is 3.97. The SMILES string of the molecule is C=COCOC(=O)CC(=O)OCOC=C. The molecule has 0 atom stereocenters. The minimum Gasteiger partial charge on any atom is -0.466 e. The van der Waals surface area contributed by atoms with E-state index in [2.05, 4.69) is 32.1 Å². The van der Waals surface area contributed by atoms with Crippen LogP contribution in [0.2, 0.25) is 0 Å². The van der Waals surface area contributed by atoms with Crippen LogP contribution in [0.5, 0.6) is 0 Å². The van der Waals surface area contributed by atoms with Crippen molar-refractivity contribution in [1.82, 2.24) is 0 Å². The minimum absolute atomic E-state index is 0.279. The zero-order valence-corrected chi connectivity index (χ0v) is 8.14. The van der Waals surface area contributed by atoms with Crippen molar-refractivity contribution in [3.05, 3.63) is 25.7 Å². The smallest absolute Gasteiger partial charge is 0.320 e. The summed E-state index contributed by atoms with van der Waals surface area (Å²) in [6, 6.07) is 0. The maximum Gasteiger partial charge on any atom is 0.320 e. The van der Waals surface area contributed by atoms with Crippen LogP contribution in [0.15, 0.2) is 25.7 Å². The second-order valence-electron chi connectivity index (χ2n) is 2.11. The Balaban J connectivity index is 3.52. The van der Waals surface area contributed by atoms with Crippen LogP contribution in [-0.2, 0) is 28.5 Å². The van der Waals surface area contributed by atoms with Gasteiger partial charge in [0.2, 0.25) is 13.6 Å². The van der Waals surface area contributed by atoms with Gasteiger partial charge in [0.05, 0.1) is 12.5 Å². The molecule has 0 N–H and O–H groups in total. The zero-order valence-electron chi connectivity index (χ0n) is 8.14. The van der Waals surface area contributed by atoms with E-state index in [0.29, 0.717) is 0 Å². The first kappa shape index (κ1) is 13.0. The number of carbonyl (C=O) groups is 2. The minimum atomic E-state index is -0.750. The molecule has 0 bridgehead atoms. The van der Waals surface area contributed by atoms with E-state index in [4.69, 9.17) is 0 Å². The summed E-state index contributed by atoms with van der Waals surface area (Å²) >= 11 is 0. The van der Waals surface area contributed by atoms with Gasteiger partial charge in [-0.3, -0.25) is 9.59 Å². The molecular formula is C9H12O6. The summed E-state index contributed by atoms with van der Waals surface area (Å²) in [5.74, 6) is -1.50.